The number of rotatable bonds is 4. The first-order valence-corrected chi connectivity index (χ1v) is 7.29. The maximum absolute atomic E-state index is 13.8. The lowest BCUT2D eigenvalue weighted by atomic mass is 9.97. The van der Waals surface area contributed by atoms with Gasteiger partial charge in [0.25, 0.3) is 0 Å². The lowest BCUT2D eigenvalue weighted by Crippen LogP contribution is -2.35. The molecule has 5 heteroatoms. The molecule has 1 N–H and O–H groups in total. The van der Waals surface area contributed by atoms with Gasteiger partial charge >= 0.3 is 0 Å². The molecular formula is C14H19BrFNO2. The molecule has 1 fully saturated rings. The molecule has 1 aromatic rings. The molecule has 0 aliphatic carbocycles. The zero-order valence-electron chi connectivity index (χ0n) is 11.3. The maximum Gasteiger partial charge on any atom is 0.197 e. The molecule has 1 saturated heterocycles. The third kappa shape index (κ3) is 3.20. The van der Waals surface area contributed by atoms with Crippen LogP contribution in [-0.4, -0.2) is 26.8 Å². The van der Waals surface area contributed by atoms with Crippen LogP contribution in [0, 0.1) is 5.82 Å². The van der Waals surface area contributed by atoms with Gasteiger partial charge in [0.15, 0.2) is 17.3 Å². The highest BCUT2D eigenvalue weighted by Gasteiger charge is 2.22. The number of benzene rings is 1. The van der Waals surface area contributed by atoms with Gasteiger partial charge in [-0.05, 0) is 31.9 Å². The number of halogens is 2. The van der Waals surface area contributed by atoms with Crippen LogP contribution >= 0.6 is 15.9 Å². The van der Waals surface area contributed by atoms with E-state index in [9.17, 15) is 4.39 Å². The number of hydrogen-bond donors (Lipinski definition) is 1. The second-order valence-corrected chi connectivity index (χ2v) is 5.59. The maximum atomic E-state index is 13.8. The van der Waals surface area contributed by atoms with Crippen LogP contribution in [0.25, 0.3) is 0 Å². The van der Waals surface area contributed by atoms with E-state index in [1.54, 1.807) is 7.11 Å². The Morgan fingerprint density at radius 3 is 2.63 bits per heavy atom. The molecule has 0 spiro atoms. The van der Waals surface area contributed by atoms with Crippen LogP contribution in [0.1, 0.15) is 24.8 Å². The van der Waals surface area contributed by atoms with Crippen molar-refractivity contribution in [3.63, 3.8) is 0 Å². The monoisotopic (exact) mass is 331 g/mol. The number of piperidine rings is 1. The van der Waals surface area contributed by atoms with Crippen LogP contribution < -0.4 is 14.8 Å². The van der Waals surface area contributed by atoms with Crippen LogP contribution in [0.2, 0.25) is 0 Å². The second kappa shape index (κ2) is 6.57. The SMILES string of the molecule is COc1c(F)cc(Br)c(CC2CCCCN2)c1OC. The van der Waals surface area contributed by atoms with Gasteiger partial charge in [0, 0.05) is 16.1 Å². The van der Waals surface area contributed by atoms with E-state index in [0.29, 0.717) is 11.8 Å². The predicted molar refractivity (Wildman–Crippen MR) is 76.5 cm³/mol. The van der Waals surface area contributed by atoms with Gasteiger partial charge in [-0.25, -0.2) is 4.39 Å². The van der Waals surface area contributed by atoms with E-state index in [-0.39, 0.29) is 5.75 Å². The summed E-state index contributed by atoms with van der Waals surface area (Å²) >= 11 is 3.43. The Balaban J connectivity index is 2.32. The molecular weight excluding hydrogens is 313 g/mol. The van der Waals surface area contributed by atoms with E-state index < -0.39 is 5.82 Å². The van der Waals surface area contributed by atoms with E-state index in [4.69, 9.17) is 9.47 Å². The van der Waals surface area contributed by atoms with Crippen LogP contribution in [0.5, 0.6) is 11.5 Å². The summed E-state index contributed by atoms with van der Waals surface area (Å²) < 4.78 is 25.0. The van der Waals surface area contributed by atoms with Gasteiger partial charge in [0.2, 0.25) is 0 Å². The minimum absolute atomic E-state index is 0.177. The Hall–Kier alpha value is -0.810. The van der Waals surface area contributed by atoms with Gasteiger partial charge in [-0.2, -0.15) is 0 Å². The molecule has 0 saturated carbocycles. The molecule has 2 rings (SSSR count). The quantitative estimate of drug-likeness (QED) is 0.918. The molecule has 106 valence electrons. The summed E-state index contributed by atoms with van der Waals surface area (Å²) in [5.41, 5.74) is 0.958. The highest BCUT2D eigenvalue weighted by Crippen LogP contribution is 2.39. The van der Waals surface area contributed by atoms with Crippen molar-refractivity contribution < 1.29 is 13.9 Å². The van der Waals surface area contributed by atoms with E-state index in [2.05, 4.69) is 21.2 Å². The zero-order chi connectivity index (χ0) is 13.8. The third-order valence-corrected chi connectivity index (χ3v) is 4.22. The van der Waals surface area contributed by atoms with Crippen molar-refractivity contribution in [2.45, 2.75) is 31.7 Å². The van der Waals surface area contributed by atoms with Crippen molar-refractivity contribution in [1.29, 1.82) is 0 Å². The second-order valence-electron chi connectivity index (χ2n) is 4.74. The van der Waals surface area contributed by atoms with Crippen molar-refractivity contribution in [2.24, 2.45) is 0 Å². The predicted octanol–water partition coefficient (Wildman–Crippen LogP) is 3.29. The summed E-state index contributed by atoms with van der Waals surface area (Å²) in [6.45, 7) is 1.04. The topological polar surface area (TPSA) is 30.5 Å². The summed E-state index contributed by atoms with van der Waals surface area (Å²) in [6.07, 6.45) is 4.40. The van der Waals surface area contributed by atoms with E-state index in [1.807, 2.05) is 0 Å². The molecule has 1 heterocycles. The third-order valence-electron chi connectivity index (χ3n) is 3.51. The van der Waals surface area contributed by atoms with Crippen LogP contribution in [-0.2, 0) is 6.42 Å². The fourth-order valence-electron chi connectivity index (χ4n) is 2.56. The normalized spacial score (nSPS) is 19.3. The van der Waals surface area contributed by atoms with Crippen molar-refractivity contribution in [1.82, 2.24) is 5.32 Å². The van der Waals surface area contributed by atoms with Crippen molar-refractivity contribution >= 4 is 15.9 Å². The van der Waals surface area contributed by atoms with Gasteiger partial charge in [-0.15, -0.1) is 0 Å². The van der Waals surface area contributed by atoms with Gasteiger partial charge in [-0.3, -0.25) is 0 Å². The first-order chi connectivity index (χ1) is 9.17. The molecule has 0 bridgehead atoms. The first kappa shape index (κ1) is 14.6. The number of nitrogens with one attached hydrogen (secondary N) is 1. The van der Waals surface area contributed by atoms with Gasteiger partial charge in [0.1, 0.15) is 0 Å². The summed E-state index contributed by atoms with van der Waals surface area (Å²) in [6, 6.07) is 1.86. The summed E-state index contributed by atoms with van der Waals surface area (Å²) in [7, 11) is 3.00. The van der Waals surface area contributed by atoms with Crippen molar-refractivity contribution in [3.05, 3.63) is 21.9 Å². The summed E-state index contributed by atoms with van der Waals surface area (Å²) in [5.74, 6) is 0.254. The lowest BCUT2D eigenvalue weighted by molar-refractivity contribution is 0.330. The number of methoxy groups -OCH3 is 2. The van der Waals surface area contributed by atoms with E-state index in [0.717, 1.165) is 29.4 Å². The minimum Gasteiger partial charge on any atom is -0.492 e. The van der Waals surface area contributed by atoms with E-state index >= 15 is 0 Å². The average Bonchev–Trinajstić information content (AvgIpc) is 2.42. The fraction of sp³-hybridized carbons (Fsp3) is 0.571. The number of ether oxygens (including phenoxy) is 2. The Kier molecular flexibility index (Phi) is 5.05. The van der Waals surface area contributed by atoms with Gasteiger partial charge in [0.05, 0.1) is 14.2 Å². The molecule has 19 heavy (non-hydrogen) atoms. The molecule has 1 unspecified atom stereocenters. The molecule has 0 radical (unpaired) electrons. The molecule has 1 aromatic carbocycles. The summed E-state index contributed by atoms with van der Waals surface area (Å²) in [4.78, 5) is 0. The molecule has 0 amide bonds. The lowest BCUT2D eigenvalue weighted by Gasteiger charge is -2.25. The van der Waals surface area contributed by atoms with Crippen molar-refractivity contribution in [2.75, 3.05) is 20.8 Å². The minimum atomic E-state index is -0.411. The van der Waals surface area contributed by atoms with Gasteiger partial charge < -0.3 is 14.8 Å². The summed E-state index contributed by atoms with van der Waals surface area (Å²) in [5, 5.41) is 3.49. The average molecular weight is 332 g/mol. The number of hydrogen-bond acceptors (Lipinski definition) is 3. The molecule has 0 aromatic heterocycles. The first-order valence-electron chi connectivity index (χ1n) is 6.49. The molecule has 1 aliphatic heterocycles. The van der Waals surface area contributed by atoms with Crippen LogP contribution in [0.15, 0.2) is 10.5 Å². The highest BCUT2D eigenvalue weighted by atomic mass is 79.9. The van der Waals surface area contributed by atoms with Crippen LogP contribution in [0.3, 0.4) is 0 Å². The fourth-order valence-corrected chi connectivity index (χ4v) is 3.10. The standard InChI is InChI=1S/C14H19BrFNO2/c1-18-13-10(7-9-5-3-4-6-17-9)11(15)8-12(16)14(13)19-2/h8-9,17H,3-7H2,1-2H3. The molecule has 1 atom stereocenters. The van der Waals surface area contributed by atoms with E-state index in [1.165, 1.54) is 26.0 Å². The Bertz CT molecular complexity index is 448. The van der Waals surface area contributed by atoms with Crippen molar-refractivity contribution in [3.8, 4) is 11.5 Å². The Morgan fingerprint density at radius 1 is 1.32 bits per heavy atom. The molecule has 1 aliphatic rings. The van der Waals surface area contributed by atoms with Gasteiger partial charge in [-0.1, -0.05) is 22.4 Å². The Labute approximate surface area is 121 Å². The largest absolute Gasteiger partial charge is 0.492 e. The smallest absolute Gasteiger partial charge is 0.197 e. The van der Waals surface area contributed by atoms with Crippen LogP contribution in [0.4, 0.5) is 4.39 Å². The molecule has 3 nitrogen and oxygen atoms in total. The zero-order valence-corrected chi connectivity index (χ0v) is 12.8. The highest BCUT2D eigenvalue weighted by molar-refractivity contribution is 9.10. The Morgan fingerprint density at radius 2 is 2.05 bits per heavy atom.